The summed E-state index contributed by atoms with van der Waals surface area (Å²) in [5, 5.41) is 0. The van der Waals surface area contributed by atoms with E-state index in [0.717, 1.165) is 0 Å². The molecule has 0 aliphatic carbocycles. The summed E-state index contributed by atoms with van der Waals surface area (Å²) in [6.07, 6.45) is -1.25. The Hall–Kier alpha value is -0.449. The Kier molecular flexibility index (Phi) is 6.40. The van der Waals surface area contributed by atoms with E-state index in [0.29, 0.717) is 0 Å². The van der Waals surface area contributed by atoms with Gasteiger partial charge in [-0.25, -0.2) is 9.59 Å². The summed E-state index contributed by atoms with van der Waals surface area (Å²) in [7, 11) is -6.21. The minimum Gasteiger partial charge on any atom is -0.518 e. The minimum atomic E-state index is -2.07. The zero-order chi connectivity index (χ0) is 16.4. The molecule has 0 radical (unpaired) electrons. The molecule has 8 heteroatoms. The Morgan fingerprint density at radius 1 is 0.650 bits per heavy atom. The standard InChI is InChI=1S/C12H28O5Si3/c1-18(2,3)15-10(11(13)16-19(4,5)6)12(14)17-20(7,8)9/h10H,1-9H3. The average Bonchev–Trinajstić information content (AvgIpc) is 2.06. The molecule has 0 aliphatic heterocycles. The van der Waals surface area contributed by atoms with E-state index in [-0.39, 0.29) is 0 Å². The Balaban J connectivity index is 5.09. The third kappa shape index (κ3) is 9.45. The van der Waals surface area contributed by atoms with Crippen LogP contribution in [0.3, 0.4) is 0 Å². The molecule has 0 unspecified atom stereocenters. The van der Waals surface area contributed by atoms with Crippen molar-refractivity contribution in [3.63, 3.8) is 0 Å². The Morgan fingerprint density at radius 3 is 1.15 bits per heavy atom. The van der Waals surface area contributed by atoms with Crippen molar-refractivity contribution >= 4 is 36.9 Å². The Labute approximate surface area is 125 Å². The molecule has 0 fully saturated rings. The first-order valence-electron chi connectivity index (χ1n) is 6.74. The number of hydrogen-bond acceptors (Lipinski definition) is 5. The number of rotatable bonds is 6. The number of carbonyl (C=O) groups is 2. The maximum atomic E-state index is 12.2. The molecule has 0 amide bonds. The fourth-order valence-corrected chi connectivity index (χ4v) is 3.58. The summed E-state index contributed by atoms with van der Waals surface area (Å²) >= 11 is 0. The van der Waals surface area contributed by atoms with E-state index in [4.69, 9.17) is 13.3 Å². The Morgan fingerprint density at radius 2 is 0.950 bits per heavy atom. The van der Waals surface area contributed by atoms with E-state index < -0.39 is 43.0 Å². The van der Waals surface area contributed by atoms with Crippen molar-refractivity contribution in [2.45, 2.75) is 65.0 Å². The van der Waals surface area contributed by atoms with Crippen molar-refractivity contribution in [2.75, 3.05) is 0 Å². The molecule has 0 heterocycles. The molecule has 118 valence electrons. The molecule has 0 aromatic carbocycles. The van der Waals surface area contributed by atoms with Gasteiger partial charge in [-0.2, -0.15) is 0 Å². The predicted octanol–water partition coefficient (Wildman–Crippen LogP) is 2.96. The van der Waals surface area contributed by atoms with E-state index in [9.17, 15) is 9.59 Å². The molecule has 0 spiro atoms. The van der Waals surface area contributed by atoms with Crippen LogP contribution in [-0.4, -0.2) is 43.0 Å². The maximum absolute atomic E-state index is 12.2. The summed E-state index contributed by atoms with van der Waals surface area (Å²) < 4.78 is 16.5. The maximum Gasteiger partial charge on any atom is 0.332 e. The van der Waals surface area contributed by atoms with Gasteiger partial charge in [-0.3, -0.25) is 0 Å². The molecule has 0 N–H and O–H groups in total. The van der Waals surface area contributed by atoms with Gasteiger partial charge >= 0.3 is 11.9 Å². The largest absolute Gasteiger partial charge is 0.518 e. The van der Waals surface area contributed by atoms with Gasteiger partial charge in [0.25, 0.3) is 0 Å². The second-order valence-corrected chi connectivity index (χ2v) is 21.0. The van der Waals surface area contributed by atoms with Crippen LogP contribution in [0.15, 0.2) is 0 Å². The van der Waals surface area contributed by atoms with Crippen molar-refractivity contribution in [3.05, 3.63) is 0 Å². The third-order valence-electron chi connectivity index (χ3n) is 1.71. The molecule has 0 atom stereocenters. The van der Waals surface area contributed by atoms with E-state index in [1.807, 2.05) is 58.9 Å². The van der Waals surface area contributed by atoms with Crippen molar-refractivity contribution in [2.24, 2.45) is 0 Å². The first-order valence-corrected chi connectivity index (χ1v) is 17.0. The lowest BCUT2D eigenvalue weighted by Crippen LogP contribution is -2.48. The summed E-state index contributed by atoms with van der Waals surface area (Å²) in [5.41, 5.74) is 0. The second kappa shape index (κ2) is 6.54. The molecule has 0 saturated carbocycles. The zero-order valence-corrected chi connectivity index (χ0v) is 17.1. The van der Waals surface area contributed by atoms with Crippen LogP contribution in [0.5, 0.6) is 0 Å². The lowest BCUT2D eigenvalue weighted by Gasteiger charge is -2.29. The van der Waals surface area contributed by atoms with Gasteiger partial charge in [0.2, 0.25) is 22.7 Å². The highest BCUT2D eigenvalue weighted by Crippen LogP contribution is 2.15. The minimum absolute atomic E-state index is 0.616. The van der Waals surface area contributed by atoms with Crippen LogP contribution >= 0.6 is 0 Å². The van der Waals surface area contributed by atoms with Gasteiger partial charge in [0.15, 0.2) is 8.32 Å². The first-order chi connectivity index (χ1) is 8.61. The van der Waals surface area contributed by atoms with E-state index in [1.165, 1.54) is 0 Å². The lowest BCUT2D eigenvalue weighted by molar-refractivity contribution is -0.157. The normalized spacial score (nSPS) is 13.3. The van der Waals surface area contributed by atoms with Crippen LogP contribution in [0.4, 0.5) is 0 Å². The molecule has 0 aromatic rings. The first kappa shape index (κ1) is 19.6. The van der Waals surface area contributed by atoms with Gasteiger partial charge in [-0.15, -0.1) is 0 Å². The molecule has 0 saturated heterocycles. The molecular weight excluding hydrogens is 308 g/mol. The summed E-state index contributed by atoms with van der Waals surface area (Å²) in [6, 6.07) is 0. The summed E-state index contributed by atoms with van der Waals surface area (Å²) in [5.74, 6) is -1.23. The molecular formula is C12H28O5Si3. The highest BCUT2D eigenvalue weighted by Gasteiger charge is 2.39. The van der Waals surface area contributed by atoms with Gasteiger partial charge in [-0.1, -0.05) is 0 Å². The quantitative estimate of drug-likeness (QED) is 0.551. The summed E-state index contributed by atoms with van der Waals surface area (Å²) in [6.45, 7) is 17.1. The molecule has 0 rings (SSSR count). The van der Waals surface area contributed by atoms with Gasteiger partial charge in [0, 0.05) is 0 Å². The molecule has 0 bridgehead atoms. The topological polar surface area (TPSA) is 61.8 Å². The highest BCUT2D eigenvalue weighted by molar-refractivity contribution is 6.73. The zero-order valence-electron chi connectivity index (χ0n) is 14.1. The smallest absolute Gasteiger partial charge is 0.332 e. The van der Waals surface area contributed by atoms with Gasteiger partial charge in [-0.05, 0) is 58.9 Å². The van der Waals surface area contributed by atoms with E-state index >= 15 is 0 Å². The van der Waals surface area contributed by atoms with Crippen LogP contribution in [0.25, 0.3) is 0 Å². The van der Waals surface area contributed by atoms with Gasteiger partial charge in [0.05, 0.1) is 0 Å². The Bertz CT molecular complexity index is 335. The number of carbonyl (C=O) groups excluding carboxylic acids is 2. The van der Waals surface area contributed by atoms with Gasteiger partial charge < -0.3 is 13.3 Å². The molecule has 0 aromatic heterocycles. The second-order valence-electron chi connectivity index (χ2n) is 7.68. The van der Waals surface area contributed by atoms with Crippen LogP contribution in [-0.2, 0) is 22.9 Å². The van der Waals surface area contributed by atoms with Gasteiger partial charge in [0.1, 0.15) is 0 Å². The highest BCUT2D eigenvalue weighted by atomic mass is 28.4. The van der Waals surface area contributed by atoms with Crippen LogP contribution < -0.4 is 0 Å². The monoisotopic (exact) mass is 336 g/mol. The molecule has 20 heavy (non-hydrogen) atoms. The molecule has 5 nitrogen and oxygen atoms in total. The fourth-order valence-electron chi connectivity index (χ4n) is 1.26. The van der Waals surface area contributed by atoms with Crippen molar-refractivity contribution < 1.29 is 22.9 Å². The lowest BCUT2D eigenvalue weighted by atomic mass is 10.4. The average molecular weight is 337 g/mol. The van der Waals surface area contributed by atoms with Crippen LogP contribution in [0.1, 0.15) is 0 Å². The van der Waals surface area contributed by atoms with Crippen LogP contribution in [0, 0.1) is 0 Å². The van der Waals surface area contributed by atoms with Crippen molar-refractivity contribution in [1.29, 1.82) is 0 Å². The molecule has 0 aliphatic rings. The van der Waals surface area contributed by atoms with E-state index in [1.54, 1.807) is 0 Å². The predicted molar refractivity (Wildman–Crippen MR) is 87.1 cm³/mol. The SMILES string of the molecule is C[Si](C)(C)OC(=O)C(O[Si](C)(C)C)C(=O)O[Si](C)(C)C. The van der Waals surface area contributed by atoms with Crippen molar-refractivity contribution in [1.82, 2.24) is 0 Å². The van der Waals surface area contributed by atoms with E-state index in [2.05, 4.69) is 0 Å². The van der Waals surface area contributed by atoms with Crippen LogP contribution in [0.2, 0.25) is 58.9 Å². The number of hydrogen-bond donors (Lipinski definition) is 0. The fraction of sp³-hybridized carbons (Fsp3) is 0.833. The third-order valence-corrected chi connectivity index (χ3v) is 4.28. The summed E-state index contributed by atoms with van der Waals surface area (Å²) in [4.78, 5) is 24.4. The van der Waals surface area contributed by atoms with Crippen molar-refractivity contribution in [3.8, 4) is 0 Å².